The van der Waals surface area contributed by atoms with Gasteiger partial charge in [0.25, 0.3) is 0 Å². The molecule has 2 aliphatic heterocycles. The van der Waals surface area contributed by atoms with Crippen LogP contribution in [0.2, 0.25) is 0 Å². The van der Waals surface area contributed by atoms with Crippen molar-refractivity contribution in [3.05, 3.63) is 0 Å². The molecule has 2 aliphatic rings. The first kappa shape index (κ1) is 11.8. The highest BCUT2D eigenvalue weighted by molar-refractivity contribution is 7.89. The maximum Gasteiger partial charge on any atom is 0.224 e. The number of likely N-dealkylation sites (tertiary alicyclic amines) is 1. The van der Waals surface area contributed by atoms with Crippen LogP contribution >= 0.6 is 0 Å². The highest BCUT2D eigenvalue weighted by Gasteiger charge is 2.39. The van der Waals surface area contributed by atoms with Crippen LogP contribution in [-0.4, -0.2) is 50.3 Å². The molecule has 0 saturated carbocycles. The van der Waals surface area contributed by atoms with E-state index < -0.39 is 15.3 Å². The number of nitrogens with zero attached hydrogens (tertiary/aromatic N) is 1. The first-order chi connectivity index (χ1) is 7.48. The van der Waals surface area contributed by atoms with Gasteiger partial charge in [-0.15, -0.1) is 0 Å². The van der Waals surface area contributed by atoms with E-state index in [4.69, 9.17) is 9.88 Å². The molecule has 0 aromatic carbocycles. The molecule has 6 nitrogen and oxygen atoms in total. The van der Waals surface area contributed by atoms with Gasteiger partial charge in [0, 0.05) is 32.2 Å². The number of primary sulfonamides is 1. The van der Waals surface area contributed by atoms with E-state index in [1.165, 1.54) is 0 Å². The second-order valence-electron chi connectivity index (χ2n) is 4.30. The standard InChI is InChI=1S/C9H16N2O4S/c10-16(13,14)8-5-9(12)11(6-8)7-1-3-15-4-2-7/h7-8H,1-6H2,(H2,10,13,14). The lowest BCUT2D eigenvalue weighted by Gasteiger charge is -2.31. The normalized spacial score (nSPS) is 28.7. The van der Waals surface area contributed by atoms with Crippen LogP contribution in [0.1, 0.15) is 19.3 Å². The number of amides is 1. The van der Waals surface area contributed by atoms with E-state index in [2.05, 4.69) is 0 Å². The molecule has 1 atom stereocenters. The number of hydrogen-bond donors (Lipinski definition) is 1. The molecule has 1 unspecified atom stereocenters. The molecule has 92 valence electrons. The number of nitrogens with two attached hydrogens (primary N) is 1. The molecule has 0 aromatic heterocycles. The summed E-state index contributed by atoms with van der Waals surface area (Å²) in [5, 5.41) is 4.33. The van der Waals surface area contributed by atoms with Crippen LogP contribution in [0.15, 0.2) is 0 Å². The van der Waals surface area contributed by atoms with Gasteiger partial charge < -0.3 is 9.64 Å². The number of carbonyl (C=O) groups is 1. The molecular weight excluding hydrogens is 232 g/mol. The Bertz CT molecular complexity index is 375. The zero-order valence-corrected chi connectivity index (χ0v) is 9.78. The molecular formula is C9H16N2O4S. The molecule has 0 aliphatic carbocycles. The summed E-state index contributed by atoms with van der Waals surface area (Å²) in [6, 6.07) is 0.119. The van der Waals surface area contributed by atoms with Gasteiger partial charge in [-0.25, -0.2) is 13.6 Å². The van der Waals surface area contributed by atoms with E-state index in [1.807, 2.05) is 0 Å². The van der Waals surface area contributed by atoms with Crippen LogP contribution < -0.4 is 5.14 Å². The van der Waals surface area contributed by atoms with Crippen LogP contribution in [0, 0.1) is 0 Å². The minimum atomic E-state index is -3.60. The monoisotopic (exact) mass is 248 g/mol. The lowest BCUT2D eigenvalue weighted by Crippen LogP contribution is -2.41. The van der Waals surface area contributed by atoms with Crippen LogP contribution in [-0.2, 0) is 19.6 Å². The minimum Gasteiger partial charge on any atom is -0.381 e. The predicted octanol–water partition coefficient (Wildman–Crippen LogP) is -0.945. The number of sulfonamides is 1. The molecule has 2 N–H and O–H groups in total. The summed E-state index contributed by atoms with van der Waals surface area (Å²) in [6.45, 7) is 1.51. The van der Waals surface area contributed by atoms with E-state index in [9.17, 15) is 13.2 Å². The third kappa shape index (κ3) is 2.36. The lowest BCUT2D eigenvalue weighted by atomic mass is 10.1. The summed E-state index contributed by atoms with van der Waals surface area (Å²) >= 11 is 0. The van der Waals surface area contributed by atoms with Crippen molar-refractivity contribution in [2.75, 3.05) is 19.8 Å². The van der Waals surface area contributed by atoms with Crippen LogP contribution in [0.25, 0.3) is 0 Å². The molecule has 2 fully saturated rings. The van der Waals surface area contributed by atoms with Crippen molar-refractivity contribution in [1.82, 2.24) is 4.90 Å². The van der Waals surface area contributed by atoms with Gasteiger partial charge in [-0.3, -0.25) is 4.79 Å². The Hall–Kier alpha value is -0.660. The van der Waals surface area contributed by atoms with Gasteiger partial charge >= 0.3 is 0 Å². The van der Waals surface area contributed by atoms with Crippen molar-refractivity contribution in [3.63, 3.8) is 0 Å². The summed E-state index contributed by atoms with van der Waals surface area (Å²) in [4.78, 5) is 13.3. The Morgan fingerprint density at radius 3 is 2.44 bits per heavy atom. The van der Waals surface area contributed by atoms with E-state index in [1.54, 1.807) is 4.90 Å². The summed E-state index contributed by atoms with van der Waals surface area (Å²) < 4.78 is 27.6. The topological polar surface area (TPSA) is 89.7 Å². The van der Waals surface area contributed by atoms with Gasteiger partial charge in [-0.1, -0.05) is 0 Å². The Kier molecular flexibility index (Phi) is 3.18. The number of hydrogen-bond acceptors (Lipinski definition) is 4. The van der Waals surface area contributed by atoms with Crippen molar-refractivity contribution in [2.24, 2.45) is 5.14 Å². The SMILES string of the molecule is NS(=O)(=O)C1CC(=O)N(C2CCOCC2)C1. The molecule has 0 spiro atoms. The molecule has 2 heterocycles. The molecule has 2 saturated heterocycles. The van der Waals surface area contributed by atoms with E-state index in [0.717, 1.165) is 12.8 Å². The molecule has 1 amide bonds. The Balaban J connectivity index is 2.04. The zero-order chi connectivity index (χ0) is 11.8. The van der Waals surface area contributed by atoms with Crippen LogP contribution in [0.4, 0.5) is 0 Å². The van der Waals surface area contributed by atoms with Crippen LogP contribution in [0.3, 0.4) is 0 Å². The second kappa shape index (κ2) is 4.31. The maximum atomic E-state index is 11.7. The average Bonchev–Trinajstić information content (AvgIpc) is 2.61. The van der Waals surface area contributed by atoms with Gasteiger partial charge in [0.15, 0.2) is 0 Å². The van der Waals surface area contributed by atoms with Crippen molar-refractivity contribution in [2.45, 2.75) is 30.6 Å². The quantitative estimate of drug-likeness (QED) is 0.682. The number of ether oxygens (including phenoxy) is 1. The molecule has 0 radical (unpaired) electrons. The second-order valence-corrected chi connectivity index (χ2v) is 6.15. The van der Waals surface area contributed by atoms with Gasteiger partial charge in [0.1, 0.15) is 5.25 Å². The highest BCUT2D eigenvalue weighted by Crippen LogP contribution is 2.23. The number of carbonyl (C=O) groups excluding carboxylic acids is 1. The molecule has 7 heteroatoms. The third-order valence-corrected chi connectivity index (χ3v) is 4.46. The summed E-state index contributed by atoms with van der Waals surface area (Å²) in [5.74, 6) is -0.106. The van der Waals surface area contributed by atoms with Crippen molar-refractivity contribution in [3.8, 4) is 0 Å². The Labute approximate surface area is 94.8 Å². The van der Waals surface area contributed by atoms with E-state index in [-0.39, 0.29) is 24.9 Å². The fourth-order valence-electron chi connectivity index (χ4n) is 2.27. The fourth-order valence-corrected chi connectivity index (χ4v) is 3.01. The molecule has 16 heavy (non-hydrogen) atoms. The smallest absolute Gasteiger partial charge is 0.224 e. The van der Waals surface area contributed by atoms with Crippen molar-refractivity contribution >= 4 is 15.9 Å². The average molecular weight is 248 g/mol. The summed E-state index contributed by atoms with van der Waals surface area (Å²) in [6.07, 6.45) is 1.59. The largest absolute Gasteiger partial charge is 0.381 e. The highest BCUT2D eigenvalue weighted by atomic mass is 32.2. The van der Waals surface area contributed by atoms with Crippen molar-refractivity contribution < 1.29 is 17.9 Å². The third-order valence-electron chi connectivity index (χ3n) is 3.22. The van der Waals surface area contributed by atoms with Crippen molar-refractivity contribution in [1.29, 1.82) is 0 Å². The van der Waals surface area contributed by atoms with E-state index >= 15 is 0 Å². The number of rotatable bonds is 2. The Morgan fingerprint density at radius 2 is 1.94 bits per heavy atom. The predicted molar refractivity (Wildman–Crippen MR) is 57.1 cm³/mol. The lowest BCUT2D eigenvalue weighted by molar-refractivity contribution is -0.131. The van der Waals surface area contributed by atoms with Gasteiger partial charge in [-0.2, -0.15) is 0 Å². The van der Waals surface area contributed by atoms with Gasteiger partial charge in [0.05, 0.1) is 0 Å². The van der Waals surface area contributed by atoms with Crippen LogP contribution in [0.5, 0.6) is 0 Å². The van der Waals surface area contributed by atoms with Gasteiger partial charge in [0.2, 0.25) is 15.9 Å². The fraction of sp³-hybridized carbons (Fsp3) is 0.889. The summed E-state index contributed by atoms with van der Waals surface area (Å²) in [7, 11) is -3.60. The van der Waals surface area contributed by atoms with E-state index in [0.29, 0.717) is 13.2 Å². The molecule has 0 bridgehead atoms. The summed E-state index contributed by atoms with van der Waals surface area (Å²) in [5.41, 5.74) is 0. The van der Waals surface area contributed by atoms with Gasteiger partial charge in [-0.05, 0) is 12.8 Å². The first-order valence-electron chi connectivity index (χ1n) is 5.37. The maximum absolute atomic E-state index is 11.7. The first-order valence-corrected chi connectivity index (χ1v) is 6.98. The Morgan fingerprint density at radius 1 is 1.31 bits per heavy atom. The minimum absolute atomic E-state index is 0.0240. The zero-order valence-electron chi connectivity index (χ0n) is 8.96. The molecule has 0 aromatic rings. The molecule has 2 rings (SSSR count).